The summed E-state index contributed by atoms with van der Waals surface area (Å²) in [5, 5.41) is 8.97. The zero-order chi connectivity index (χ0) is 15.8. The lowest BCUT2D eigenvalue weighted by Crippen LogP contribution is -2.40. The van der Waals surface area contributed by atoms with Crippen LogP contribution in [0.5, 0.6) is 0 Å². The molecule has 1 aromatic rings. The lowest BCUT2D eigenvalue weighted by atomic mass is 9.99. The number of piperidine rings is 1. The van der Waals surface area contributed by atoms with Crippen LogP contribution >= 0.6 is 34.8 Å². The molecule has 0 saturated carbocycles. The molecular formula is C12H12Cl3NO4S. The van der Waals surface area contributed by atoms with Gasteiger partial charge in [-0.15, -0.1) is 0 Å². The molecule has 0 spiro atoms. The average Bonchev–Trinajstić information content (AvgIpc) is 2.44. The molecule has 1 aliphatic heterocycles. The predicted molar refractivity (Wildman–Crippen MR) is 80.6 cm³/mol. The monoisotopic (exact) mass is 371 g/mol. The molecule has 1 aliphatic rings. The molecule has 1 N–H and O–H groups in total. The van der Waals surface area contributed by atoms with Crippen LogP contribution in [0, 0.1) is 5.92 Å². The van der Waals surface area contributed by atoms with Crippen molar-refractivity contribution in [1.82, 2.24) is 4.31 Å². The molecule has 0 bridgehead atoms. The number of benzene rings is 1. The molecule has 1 fully saturated rings. The lowest BCUT2D eigenvalue weighted by Gasteiger charge is -2.29. The molecule has 5 nitrogen and oxygen atoms in total. The summed E-state index contributed by atoms with van der Waals surface area (Å²) in [6.07, 6.45) is 0.543. The maximum atomic E-state index is 12.5. The molecule has 1 saturated heterocycles. The molecule has 1 heterocycles. The molecule has 0 radical (unpaired) electrons. The van der Waals surface area contributed by atoms with Gasteiger partial charge in [0, 0.05) is 13.1 Å². The van der Waals surface area contributed by atoms with Crippen molar-refractivity contribution >= 4 is 50.8 Å². The van der Waals surface area contributed by atoms with Crippen molar-refractivity contribution in [2.24, 2.45) is 5.92 Å². The second-order valence-electron chi connectivity index (χ2n) is 4.69. The van der Waals surface area contributed by atoms with Crippen molar-refractivity contribution in [3.8, 4) is 0 Å². The quantitative estimate of drug-likeness (QED) is 0.827. The first kappa shape index (κ1) is 16.8. The van der Waals surface area contributed by atoms with Crippen LogP contribution in [0.4, 0.5) is 0 Å². The van der Waals surface area contributed by atoms with Gasteiger partial charge in [0.05, 0.1) is 21.0 Å². The third-order valence-electron chi connectivity index (χ3n) is 3.42. The largest absolute Gasteiger partial charge is 0.481 e. The van der Waals surface area contributed by atoms with Gasteiger partial charge >= 0.3 is 5.97 Å². The van der Waals surface area contributed by atoms with Crippen LogP contribution in [0.25, 0.3) is 0 Å². The Labute approximate surface area is 137 Å². The number of hydrogen-bond acceptors (Lipinski definition) is 3. The number of nitrogens with zero attached hydrogens (tertiary/aromatic N) is 1. The highest BCUT2D eigenvalue weighted by Crippen LogP contribution is 2.36. The van der Waals surface area contributed by atoms with Gasteiger partial charge in [-0.25, -0.2) is 8.42 Å². The summed E-state index contributed by atoms with van der Waals surface area (Å²) in [7, 11) is -3.82. The minimum atomic E-state index is -3.82. The molecule has 0 unspecified atom stereocenters. The lowest BCUT2D eigenvalue weighted by molar-refractivity contribution is -0.142. The van der Waals surface area contributed by atoms with Gasteiger partial charge in [0.25, 0.3) is 0 Å². The van der Waals surface area contributed by atoms with Crippen molar-refractivity contribution < 1.29 is 18.3 Å². The SMILES string of the molecule is O=C(O)C1CCN(S(=O)(=O)c2ccc(Cl)c(Cl)c2Cl)CC1. The number of carboxylic acids is 1. The zero-order valence-electron chi connectivity index (χ0n) is 10.7. The molecule has 0 atom stereocenters. The highest BCUT2D eigenvalue weighted by atomic mass is 35.5. The smallest absolute Gasteiger partial charge is 0.306 e. The first-order chi connectivity index (χ1) is 9.75. The Morgan fingerprint density at radius 2 is 1.71 bits per heavy atom. The zero-order valence-corrected chi connectivity index (χ0v) is 13.8. The van der Waals surface area contributed by atoms with Crippen LogP contribution in [-0.4, -0.2) is 36.9 Å². The number of carboxylic acid groups (broad SMARTS) is 1. The number of rotatable bonds is 3. The summed E-state index contributed by atoms with van der Waals surface area (Å²) < 4.78 is 26.3. The predicted octanol–water partition coefficient (Wildman–Crippen LogP) is 3.13. The van der Waals surface area contributed by atoms with Gasteiger partial charge in [0.1, 0.15) is 4.90 Å². The summed E-state index contributed by atoms with van der Waals surface area (Å²) in [4.78, 5) is 10.8. The van der Waals surface area contributed by atoms with Crippen LogP contribution in [-0.2, 0) is 14.8 Å². The minimum absolute atomic E-state index is 0.0140. The Morgan fingerprint density at radius 3 is 2.24 bits per heavy atom. The van der Waals surface area contributed by atoms with Crippen LogP contribution in [0.2, 0.25) is 15.1 Å². The molecule has 1 aromatic carbocycles. The van der Waals surface area contributed by atoms with E-state index in [1.165, 1.54) is 16.4 Å². The number of aliphatic carboxylic acids is 1. The van der Waals surface area contributed by atoms with Crippen LogP contribution in [0.15, 0.2) is 17.0 Å². The fourth-order valence-electron chi connectivity index (χ4n) is 2.19. The van der Waals surface area contributed by atoms with Gasteiger partial charge in [-0.2, -0.15) is 4.31 Å². The van der Waals surface area contributed by atoms with Gasteiger partial charge in [-0.1, -0.05) is 34.8 Å². The average molecular weight is 373 g/mol. The van der Waals surface area contributed by atoms with Crippen molar-refractivity contribution in [1.29, 1.82) is 0 Å². The first-order valence-electron chi connectivity index (χ1n) is 6.11. The van der Waals surface area contributed by atoms with Gasteiger partial charge in [0.15, 0.2) is 0 Å². The number of sulfonamides is 1. The Kier molecular flexibility index (Phi) is 5.05. The number of carbonyl (C=O) groups is 1. The van der Waals surface area contributed by atoms with E-state index in [4.69, 9.17) is 39.9 Å². The second-order valence-corrected chi connectivity index (χ2v) is 7.76. The van der Waals surface area contributed by atoms with Crippen molar-refractivity contribution in [2.45, 2.75) is 17.7 Å². The van der Waals surface area contributed by atoms with E-state index in [1.54, 1.807) is 0 Å². The first-order valence-corrected chi connectivity index (χ1v) is 8.69. The van der Waals surface area contributed by atoms with Crippen molar-refractivity contribution in [3.05, 3.63) is 27.2 Å². The summed E-state index contributed by atoms with van der Waals surface area (Å²) >= 11 is 17.6. The highest BCUT2D eigenvalue weighted by molar-refractivity contribution is 7.89. The van der Waals surface area contributed by atoms with E-state index in [-0.39, 0.29) is 45.9 Å². The second kappa shape index (κ2) is 6.30. The van der Waals surface area contributed by atoms with Crippen molar-refractivity contribution in [2.75, 3.05) is 13.1 Å². The molecule has 0 aliphatic carbocycles. The standard InChI is InChI=1S/C12H12Cl3NO4S/c13-8-1-2-9(11(15)10(8)14)21(19,20)16-5-3-7(4-6-16)12(17)18/h1-2,7H,3-6H2,(H,17,18). The van der Waals surface area contributed by atoms with Gasteiger partial charge in [-0.05, 0) is 25.0 Å². The topological polar surface area (TPSA) is 74.7 Å². The van der Waals surface area contributed by atoms with E-state index >= 15 is 0 Å². The van der Waals surface area contributed by atoms with E-state index in [0.717, 1.165) is 0 Å². The molecule has 0 aromatic heterocycles. The van der Waals surface area contributed by atoms with E-state index in [2.05, 4.69) is 0 Å². The Bertz CT molecular complexity index is 669. The van der Waals surface area contributed by atoms with Crippen molar-refractivity contribution in [3.63, 3.8) is 0 Å². The molecular weight excluding hydrogens is 361 g/mol. The number of hydrogen-bond donors (Lipinski definition) is 1. The van der Waals surface area contributed by atoms with E-state index in [0.29, 0.717) is 0 Å². The third-order valence-corrected chi connectivity index (χ3v) is 6.77. The molecule has 0 amide bonds. The normalized spacial score (nSPS) is 17.9. The third kappa shape index (κ3) is 3.29. The van der Waals surface area contributed by atoms with Crippen LogP contribution in [0.3, 0.4) is 0 Å². The fourth-order valence-corrected chi connectivity index (χ4v) is 4.61. The Hall–Kier alpha value is -0.530. The summed E-state index contributed by atoms with van der Waals surface area (Å²) in [6.45, 7) is 0.270. The van der Waals surface area contributed by atoms with E-state index in [9.17, 15) is 13.2 Å². The molecule has 2 rings (SSSR count). The van der Waals surface area contributed by atoms with Crippen LogP contribution < -0.4 is 0 Å². The fraction of sp³-hybridized carbons (Fsp3) is 0.417. The van der Waals surface area contributed by atoms with E-state index < -0.39 is 21.9 Å². The number of halogens is 3. The molecule has 9 heteroatoms. The summed E-state index contributed by atoms with van der Waals surface area (Å²) in [5.41, 5.74) is 0. The minimum Gasteiger partial charge on any atom is -0.481 e. The maximum absolute atomic E-state index is 12.5. The maximum Gasteiger partial charge on any atom is 0.306 e. The molecule has 116 valence electrons. The van der Waals surface area contributed by atoms with Gasteiger partial charge in [0.2, 0.25) is 10.0 Å². The summed E-state index contributed by atoms with van der Waals surface area (Å²) in [5.74, 6) is -1.42. The van der Waals surface area contributed by atoms with Gasteiger partial charge in [-0.3, -0.25) is 4.79 Å². The van der Waals surface area contributed by atoms with E-state index in [1.807, 2.05) is 0 Å². The van der Waals surface area contributed by atoms with Crippen LogP contribution in [0.1, 0.15) is 12.8 Å². The Morgan fingerprint density at radius 1 is 1.14 bits per heavy atom. The van der Waals surface area contributed by atoms with Gasteiger partial charge < -0.3 is 5.11 Å². The summed E-state index contributed by atoms with van der Waals surface area (Å²) in [6, 6.07) is 2.67. The highest BCUT2D eigenvalue weighted by Gasteiger charge is 2.33. The Balaban J connectivity index is 2.28. The molecule has 21 heavy (non-hydrogen) atoms.